The van der Waals surface area contributed by atoms with E-state index >= 15 is 0 Å². The second-order valence-corrected chi connectivity index (χ2v) is 5.58. The van der Waals surface area contributed by atoms with Crippen LogP contribution in [0.1, 0.15) is 12.5 Å². The van der Waals surface area contributed by atoms with Crippen molar-refractivity contribution in [1.29, 1.82) is 0 Å². The number of aliphatic hydroxyl groups is 1. The first-order valence-corrected chi connectivity index (χ1v) is 8.18. The normalized spacial score (nSPS) is 10.5. The van der Waals surface area contributed by atoms with Gasteiger partial charge in [-0.15, -0.1) is 0 Å². The number of methoxy groups -OCH3 is 1. The van der Waals surface area contributed by atoms with Gasteiger partial charge < -0.3 is 19.5 Å². The van der Waals surface area contributed by atoms with Crippen LogP contribution in [0.5, 0.6) is 5.75 Å². The lowest BCUT2D eigenvalue weighted by molar-refractivity contribution is -0.151. The van der Waals surface area contributed by atoms with Crippen molar-refractivity contribution in [2.24, 2.45) is 0 Å². The summed E-state index contributed by atoms with van der Waals surface area (Å²) in [5.74, 6) is 0.0123. The summed E-state index contributed by atoms with van der Waals surface area (Å²) in [7, 11) is 1.62. The zero-order chi connectivity index (χ0) is 18.2. The number of ether oxygens (including phenoxy) is 2. The summed E-state index contributed by atoms with van der Waals surface area (Å²) in [4.78, 5) is 25.3. The van der Waals surface area contributed by atoms with Crippen molar-refractivity contribution in [3.05, 3.63) is 42.0 Å². The molecule has 0 spiro atoms. The predicted octanol–water partition coefficient (Wildman–Crippen LogP) is 1.77. The number of rotatable bonds is 8. The third-order valence-corrected chi connectivity index (χ3v) is 3.92. The molecule has 2 rings (SSSR count). The molecule has 0 unspecified atom stereocenters. The molecule has 25 heavy (non-hydrogen) atoms. The molecule has 2 aromatic rings. The molecule has 0 fully saturated rings. The van der Waals surface area contributed by atoms with Crippen LogP contribution < -0.4 is 4.74 Å². The first kappa shape index (κ1) is 18.7. The molecule has 0 aliphatic carbocycles. The first-order valence-electron chi connectivity index (χ1n) is 8.18. The van der Waals surface area contributed by atoms with Crippen molar-refractivity contribution >= 4 is 22.6 Å². The minimum absolute atomic E-state index is 0.0986. The number of hydrogen-bond donors (Lipinski definition) is 1. The average molecular weight is 345 g/mol. The summed E-state index contributed by atoms with van der Waals surface area (Å²) < 4.78 is 10.2. The zero-order valence-corrected chi connectivity index (χ0v) is 14.5. The maximum absolute atomic E-state index is 12.0. The lowest BCUT2D eigenvalue weighted by atomic mass is 10.0. The Labute approximate surface area is 147 Å². The van der Waals surface area contributed by atoms with E-state index in [2.05, 4.69) is 0 Å². The van der Waals surface area contributed by atoms with Crippen molar-refractivity contribution in [1.82, 2.24) is 4.90 Å². The molecule has 1 amide bonds. The molecule has 0 aliphatic heterocycles. The highest BCUT2D eigenvalue weighted by atomic mass is 16.5. The van der Waals surface area contributed by atoms with Gasteiger partial charge in [-0.1, -0.05) is 24.3 Å². The number of esters is 1. The van der Waals surface area contributed by atoms with E-state index in [9.17, 15) is 9.59 Å². The third kappa shape index (κ3) is 5.19. The van der Waals surface area contributed by atoms with Crippen LogP contribution in [0.15, 0.2) is 36.4 Å². The molecule has 0 aliphatic rings. The summed E-state index contributed by atoms with van der Waals surface area (Å²) in [5.41, 5.74) is 0.817. The van der Waals surface area contributed by atoms with E-state index in [0.29, 0.717) is 6.54 Å². The molecule has 0 bridgehead atoms. The molecular formula is C19H23NO5. The van der Waals surface area contributed by atoms with Gasteiger partial charge in [0.15, 0.2) is 6.61 Å². The highest BCUT2D eigenvalue weighted by Gasteiger charge is 2.14. The summed E-state index contributed by atoms with van der Waals surface area (Å²) >= 11 is 0. The average Bonchev–Trinajstić information content (AvgIpc) is 2.63. The number of carbonyl (C=O) groups excluding carboxylic acids is 2. The molecule has 0 atom stereocenters. The van der Waals surface area contributed by atoms with Gasteiger partial charge in [-0.25, -0.2) is 0 Å². The Balaban J connectivity index is 1.94. The van der Waals surface area contributed by atoms with Gasteiger partial charge in [-0.05, 0) is 35.4 Å². The van der Waals surface area contributed by atoms with Crippen molar-refractivity contribution in [2.45, 2.75) is 13.3 Å². The van der Waals surface area contributed by atoms with E-state index in [4.69, 9.17) is 14.6 Å². The van der Waals surface area contributed by atoms with Gasteiger partial charge in [0.1, 0.15) is 5.75 Å². The Morgan fingerprint density at radius 2 is 1.84 bits per heavy atom. The van der Waals surface area contributed by atoms with Gasteiger partial charge in [-0.3, -0.25) is 9.59 Å². The molecule has 0 heterocycles. The van der Waals surface area contributed by atoms with E-state index in [-0.39, 0.29) is 32.1 Å². The Hall–Kier alpha value is -2.60. The van der Waals surface area contributed by atoms with E-state index in [1.807, 2.05) is 36.4 Å². The fraction of sp³-hybridized carbons (Fsp3) is 0.368. The standard InChI is InChI=1S/C19H23NO5/c1-3-20(8-9-21)18(22)13-25-19(23)11-14-4-5-16-12-17(24-2)7-6-15(16)10-14/h4-7,10,12,21H,3,8-9,11,13H2,1-2H3. The molecule has 134 valence electrons. The van der Waals surface area contributed by atoms with Gasteiger partial charge in [0.25, 0.3) is 5.91 Å². The zero-order valence-electron chi connectivity index (χ0n) is 14.5. The maximum atomic E-state index is 12.0. The predicted molar refractivity (Wildman–Crippen MR) is 94.5 cm³/mol. The molecule has 6 heteroatoms. The number of aliphatic hydroxyl groups excluding tert-OH is 1. The van der Waals surface area contributed by atoms with Crippen molar-refractivity contribution < 1.29 is 24.2 Å². The number of hydrogen-bond acceptors (Lipinski definition) is 5. The van der Waals surface area contributed by atoms with Gasteiger partial charge in [0.2, 0.25) is 0 Å². The molecule has 2 aromatic carbocycles. The molecule has 0 saturated heterocycles. The first-order chi connectivity index (χ1) is 12.1. The second-order valence-electron chi connectivity index (χ2n) is 5.58. The van der Waals surface area contributed by atoms with Crippen LogP contribution in [0.3, 0.4) is 0 Å². The van der Waals surface area contributed by atoms with Crippen LogP contribution >= 0.6 is 0 Å². The molecule has 0 radical (unpaired) electrons. The number of benzene rings is 2. The number of nitrogens with zero attached hydrogens (tertiary/aromatic N) is 1. The van der Waals surface area contributed by atoms with Crippen LogP contribution in [0.4, 0.5) is 0 Å². The molecule has 1 N–H and O–H groups in total. The van der Waals surface area contributed by atoms with Crippen molar-refractivity contribution in [3.63, 3.8) is 0 Å². The van der Waals surface area contributed by atoms with Gasteiger partial charge in [-0.2, -0.15) is 0 Å². The molecule has 0 saturated carbocycles. The molecule has 6 nitrogen and oxygen atoms in total. The Kier molecular flexibility index (Phi) is 6.77. The Bertz CT molecular complexity index is 744. The largest absolute Gasteiger partial charge is 0.497 e. The SMILES string of the molecule is CCN(CCO)C(=O)COC(=O)Cc1ccc2cc(OC)ccc2c1. The van der Waals surface area contributed by atoms with Crippen LogP contribution in [-0.2, 0) is 20.7 Å². The monoisotopic (exact) mass is 345 g/mol. The highest BCUT2D eigenvalue weighted by Crippen LogP contribution is 2.22. The number of amides is 1. The minimum Gasteiger partial charge on any atom is -0.497 e. The van der Waals surface area contributed by atoms with Gasteiger partial charge in [0.05, 0.1) is 20.1 Å². The maximum Gasteiger partial charge on any atom is 0.310 e. The lowest BCUT2D eigenvalue weighted by Gasteiger charge is -2.19. The van der Waals surface area contributed by atoms with E-state index in [1.165, 1.54) is 4.90 Å². The number of likely N-dealkylation sites (N-methyl/N-ethyl adjacent to an activating group) is 1. The summed E-state index contributed by atoms with van der Waals surface area (Å²) in [6.07, 6.45) is 0.0986. The van der Waals surface area contributed by atoms with Gasteiger partial charge >= 0.3 is 5.97 Å². The Morgan fingerprint density at radius 1 is 1.12 bits per heavy atom. The summed E-state index contributed by atoms with van der Waals surface area (Å²) in [5, 5.41) is 10.9. The Morgan fingerprint density at radius 3 is 2.52 bits per heavy atom. The van der Waals surface area contributed by atoms with Crippen molar-refractivity contribution in [3.8, 4) is 5.75 Å². The smallest absolute Gasteiger partial charge is 0.310 e. The molecule has 0 aromatic heterocycles. The fourth-order valence-corrected chi connectivity index (χ4v) is 2.54. The quantitative estimate of drug-likeness (QED) is 0.738. The summed E-state index contributed by atoms with van der Waals surface area (Å²) in [6, 6.07) is 11.4. The topological polar surface area (TPSA) is 76.1 Å². The summed E-state index contributed by atoms with van der Waals surface area (Å²) in [6.45, 7) is 2.08. The van der Waals surface area contributed by atoms with Crippen LogP contribution in [-0.4, -0.2) is 55.3 Å². The molecular weight excluding hydrogens is 322 g/mol. The fourth-order valence-electron chi connectivity index (χ4n) is 2.54. The second kappa shape index (κ2) is 9.03. The van der Waals surface area contributed by atoms with Crippen molar-refractivity contribution in [2.75, 3.05) is 33.4 Å². The van der Waals surface area contributed by atoms with Crippen LogP contribution in [0, 0.1) is 0 Å². The minimum atomic E-state index is -0.457. The number of fused-ring (bicyclic) bond motifs is 1. The van der Waals surface area contributed by atoms with E-state index in [0.717, 1.165) is 22.1 Å². The third-order valence-electron chi connectivity index (χ3n) is 3.92. The van der Waals surface area contributed by atoms with E-state index < -0.39 is 5.97 Å². The highest BCUT2D eigenvalue weighted by molar-refractivity contribution is 5.86. The van der Waals surface area contributed by atoms with Crippen LogP contribution in [0.25, 0.3) is 10.8 Å². The van der Waals surface area contributed by atoms with E-state index in [1.54, 1.807) is 14.0 Å². The van der Waals surface area contributed by atoms with Gasteiger partial charge in [0, 0.05) is 13.1 Å². The number of carbonyl (C=O) groups is 2. The lowest BCUT2D eigenvalue weighted by Crippen LogP contribution is -2.36. The van der Waals surface area contributed by atoms with Crippen LogP contribution in [0.2, 0.25) is 0 Å².